The maximum absolute atomic E-state index is 13.3. The first kappa shape index (κ1) is 19.0. The number of aromatic nitrogens is 4. The molecule has 0 aliphatic rings. The topological polar surface area (TPSA) is 94.1 Å². The summed E-state index contributed by atoms with van der Waals surface area (Å²) in [6, 6.07) is 19.8. The molecule has 0 aliphatic heterocycles. The van der Waals surface area contributed by atoms with Gasteiger partial charge in [0, 0.05) is 6.54 Å². The minimum atomic E-state index is -3.72. The van der Waals surface area contributed by atoms with Crippen molar-refractivity contribution >= 4 is 10.0 Å². The fourth-order valence-electron chi connectivity index (χ4n) is 2.96. The van der Waals surface area contributed by atoms with Crippen molar-refractivity contribution in [1.29, 1.82) is 0 Å². The van der Waals surface area contributed by atoms with E-state index in [2.05, 4.69) is 15.5 Å². The van der Waals surface area contributed by atoms with Crippen LogP contribution < -0.4 is 0 Å². The van der Waals surface area contributed by atoms with Gasteiger partial charge in [-0.15, -0.1) is 5.10 Å². The highest BCUT2D eigenvalue weighted by Gasteiger charge is 2.25. The lowest BCUT2D eigenvalue weighted by molar-refractivity contribution is 0.366. The second kappa shape index (κ2) is 8.38. The normalized spacial score (nSPS) is 11.8. The molecule has 0 radical (unpaired) electrons. The maximum atomic E-state index is 13.3. The van der Waals surface area contributed by atoms with Crippen molar-refractivity contribution in [2.24, 2.45) is 0 Å². The Labute approximate surface area is 168 Å². The zero-order valence-electron chi connectivity index (χ0n) is 15.5. The Bertz CT molecular complexity index is 1130. The second-order valence-corrected chi connectivity index (χ2v) is 8.34. The van der Waals surface area contributed by atoms with Crippen LogP contribution in [0.3, 0.4) is 0 Å². The summed E-state index contributed by atoms with van der Waals surface area (Å²) in [7, 11) is -3.72. The summed E-state index contributed by atoms with van der Waals surface area (Å²) < 4.78 is 34.9. The van der Waals surface area contributed by atoms with Crippen molar-refractivity contribution in [3.05, 3.63) is 90.6 Å². The molecular formula is C20H19N5O3S. The standard InChI is InChI=1S/C20H19N5O3S/c26-29(27,20-10-8-18(9-11-20)25-16-21-22-23-25)24(15-19-7-4-14-28-19)13-12-17-5-2-1-3-6-17/h1-11,14,16H,12-13,15H2. The molecule has 0 saturated heterocycles. The lowest BCUT2D eigenvalue weighted by Gasteiger charge is -2.21. The Morgan fingerprint density at radius 1 is 0.966 bits per heavy atom. The summed E-state index contributed by atoms with van der Waals surface area (Å²) >= 11 is 0. The average molecular weight is 409 g/mol. The van der Waals surface area contributed by atoms with Crippen molar-refractivity contribution in [3.8, 4) is 5.69 Å². The van der Waals surface area contributed by atoms with Crippen molar-refractivity contribution in [2.75, 3.05) is 6.54 Å². The molecular weight excluding hydrogens is 390 g/mol. The number of sulfonamides is 1. The number of hydrogen-bond acceptors (Lipinski definition) is 6. The molecule has 0 aliphatic carbocycles. The summed E-state index contributed by atoms with van der Waals surface area (Å²) in [5, 5.41) is 11.0. The molecule has 2 aromatic heterocycles. The van der Waals surface area contributed by atoms with E-state index in [-0.39, 0.29) is 11.4 Å². The predicted octanol–water partition coefficient (Wildman–Crippen LogP) is 2.69. The Balaban J connectivity index is 1.59. The SMILES string of the molecule is O=S(=O)(c1ccc(-n2cnnn2)cc1)N(CCc1ccccc1)Cc1ccco1. The first-order valence-corrected chi connectivity index (χ1v) is 10.5. The fourth-order valence-corrected chi connectivity index (χ4v) is 4.37. The van der Waals surface area contributed by atoms with Gasteiger partial charge in [-0.05, 0) is 58.8 Å². The highest BCUT2D eigenvalue weighted by Crippen LogP contribution is 2.21. The van der Waals surface area contributed by atoms with Gasteiger partial charge in [0.05, 0.1) is 23.4 Å². The van der Waals surface area contributed by atoms with Crippen LogP contribution in [0.4, 0.5) is 0 Å². The van der Waals surface area contributed by atoms with Crippen LogP contribution in [0.15, 0.2) is 88.6 Å². The zero-order chi connectivity index (χ0) is 20.1. The van der Waals surface area contributed by atoms with Crippen LogP contribution in [0.1, 0.15) is 11.3 Å². The first-order valence-electron chi connectivity index (χ1n) is 9.03. The average Bonchev–Trinajstić information content (AvgIpc) is 3.46. The Hall–Kier alpha value is -3.30. The monoisotopic (exact) mass is 409 g/mol. The summed E-state index contributed by atoms with van der Waals surface area (Å²) in [5.41, 5.74) is 1.75. The molecule has 9 heteroatoms. The molecule has 2 heterocycles. The van der Waals surface area contributed by atoms with E-state index in [1.54, 1.807) is 36.4 Å². The van der Waals surface area contributed by atoms with Gasteiger partial charge in [0.25, 0.3) is 0 Å². The Morgan fingerprint density at radius 3 is 2.41 bits per heavy atom. The van der Waals surface area contributed by atoms with Crippen molar-refractivity contribution in [2.45, 2.75) is 17.9 Å². The van der Waals surface area contributed by atoms with Gasteiger partial charge in [0.1, 0.15) is 12.1 Å². The van der Waals surface area contributed by atoms with E-state index in [1.807, 2.05) is 30.3 Å². The lowest BCUT2D eigenvalue weighted by atomic mass is 10.1. The minimum Gasteiger partial charge on any atom is -0.468 e. The van der Waals surface area contributed by atoms with E-state index in [9.17, 15) is 8.42 Å². The van der Waals surface area contributed by atoms with Gasteiger partial charge in [0.2, 0.25) is 10.0 Å². The second-order valence-electron chi connectivity index (χ2n) is 6.40. The van der Waals surface area contributed by atoms with Crippen molar-refractivity contribution < 1.29 is 12.8 Å². The third-order valence-corrected chi connectivity index (χ3v) is 6.35. The number of tetrazole rings is 1. The molecule has 148 valence electrons. The molecule has 0 fully saturated rings. The summed E-state index contributed by atoms with van der Waals surface area (Å²) in [4.78, 5) is 0.203. The third kappa shape index (κ3) is 4.41. The highest BCUT2D eigenvalue weighted by molar-refractivity contribution is 7.89. The summed E-state index contributed by atoms with van der Waals surface area (Å²) in [5.74, 6) is 0.590. The van der Waals surface area contributed by atoms with Crippen LogP contribution in [0, 0.1) is 0 Å². The van der Waals surface area contributed by atoms with Gasteiger partial charge in [-0.1, -0.05) is 30.3 Å². The minimum absolute atomic E-state index is 0.164. The fraction of sp³-hybridized carbons (Fsp3) is 0.150. The maximum Gasteiger partial charge on any atom is 0.243 e. The molecule has 0 amide bonds. The van der Waals surface area contributed by atoms with Crippen LogP contribution >= 0.6 is 0 Å². The molecule has 8 nitrogen and oxygen atoms in total. The number of nitrogens with zero attached hydrogens (tertiary/aromatic N) is 5. The van der Waals surface area contributed by atoms with Gasteiger partial charge in [0.15, 0.2) is 0 Å². The molecule has 0 atom stereocenters. The van der Waals surface area contributed by atoms with E-state index in [1.165, 1.54) is 21.6 Å². The molecule has 29 heavy (non-hydrogen) atoms. The van der Waals surface area contributed by atoms with Gasteiger partial charge < -0.3 is 4.42 Å². The molecule has 0 bridgehead atoms. The number of rotatable bonds is 8. The first-order chi connectivity index (χ1) is 14.1. The van der Waals surface area contributed by atoms with Crippen LogP contribution in [0.2, 0.25) is 0 Å². The van der Waals surface area contributed by atoms with Gasteiger partial charge in [-0.25, -0.2) is 13.1 Å². The van der Waals surface area contributed by atoms with E-state index in [0.29, 0.717) is 24.4 Å². The molecule has 0 spiro atoms. The molecule has 0 N–H and O–H groups in total. The zero-order valence-corrected chi connectivity index (χ0v) is 16.3. The van der Waals surface area contributed by atoms with Crippen molar-refractivity contribution in [1.82, 2.24) is 24.5 Å². The Kier molecular flexibility index (Phi) is 5.50. The number of benzene rings is 2. The summed E-state index contributed by atoms with van der Waals surface area (Å²) in [6.07, 6.45) is 3.59. The molecule has 2 aromatic carbocycles. The highest BCUT2D eigenvalue weighted by atomic mass is 32.2. The lowest BCUT2D eigenvalue weighted by Crippen LogP contribution is -2.32. The largest absolute Gasteiger partial charge is 0.468 e. The quantitative estimate of drug-likeness (QED) is 0.444. The predicted molar refractivity (Wildman–Crippen MR) is 106 cm³/mol. The van der Waals surface area contributed by atoms with Crippen LogP contribution in [0.5, 0.6) is 0 Å². The molecule has 0 saturated carbocycles. The third-order valence-electron chi connectivity index (χ3n) is 4.49. The van der Waals surface area contributed by atoms with E-state index in [0.717, 1.165) is 5.56 Å². The van der Waals surface area contributed by atoms with Crippen LogP contribution in [-0.2, 0) is 23.0 Å². The van der Waals surface area contributed by atoms with Gasteiger partial charge >= 0.3 is 0 Å². The number of hydrogen-bond donors (Lipinski definition) is 0. The smallest absolute Gasteiger partial charge is 0.243 e. The molecule has 0 unspecified atom stereocenters. The van der Waals surface area contributed by atoms with Crippen molar-refractivity contribution in [3.63, 3.8) is 0 Å². The van der Waals surface area contributed by atoms with E-state index < -0.39 is 10.0 Å². The van der Waals surface area contributed by atoms with Crippen LogP contribution in [-0.4, -0.2) is 39.5 Å². The number of furan rings is 1. The van der Waals surface area contributed by atoms with E-state index >= 15 is 0 Å². The van der Waals surface area contributed by atoms with E-state index in [4.69, 9.17) is 4.42 Å². The Morgan fingerprint density at radius 2 is 1.76 bits per heavy atom. The summed E-state index contributed by atoms with van der Waals surface area (Å²) in [6.45, 7) is 0.499. The molecule has 4 rings (SSSR count). The molecule has 4 aromatic rings. The van der Waals surface area contributed by atoms with Gasteiger partial charge in [-0.3, -0.25) is 0 Å². The van der Waals surface area contributed by atoms with Crippen LogP contribution in [0.25, 0.3) is 5.69 Å². The van der Waals surface area contributed by atoms with Gasteiger partial charge in [-0.2, -0.15) is 4.31 Å².